The summed E-state index contributed by atoms with van der Waals surface area (Å²) < 4.78 is 32.1. The zero-order chi connectivity index (χ0) is 18.8. The summed E-state index contributed by atoms with van der Waals surface area (Å²) >= 11 is 0. The molecule has 1 aromatic heterocycles. The molecule has 2 heterocycles. The van der Waals surface area contributed by atoms with Gasteiger partial charge in [-0.05, 0) is 36.8 Å². The van der Waals surface area contributed by atoms with E-state index < -0.39 is 23.7 Å². The van der Waals surface area contributed by atoms with Gasteiger partial charge in [-0.25, -0.2) is 18.6 Å². The molecule has 6 nitrogen and oxygen atoms in total. The first-order chi connectivity index (χ1) is 12.4. The summed E-state index contributed by atoms with van der Waals surface area (Å²) in [6, 6.07) is 6.19. The van der Waals surface area contributed by atoms with Crippen LogP contribution in [0.15, 0.2) is 30.3 Å². The molecule has 1 N–H and O–H groups in total. The van der Waals surface area contributed by atoms with Crippen LogP contribution in [0.5, 0.6) is 0 Å². The number of rotatable bonds is 3. The van der Waals surface area contributed by atoms with Crippen molar-refractivity contribution in [3.8, 4) is 0 Å². The summed E-state index contributed by atoms with van der Waals surface area (Å²) in [7, 11) is 0. The fraction of sp³-hybridized carbons (Fsp3) is 0.278. The number of nitrogens with zero attached hydrogens (tertiary/aromatic N) is 2. The molecule has 2 aromatic rings. The monoisotopic (exact) mass is 362 g/mol. The van der Waals surface area contributed by atoms with Crippen molar-refractivity contribution in [1.29, 1.82) is 0 Å². The zero-order valence-electron chi connectivity index (χ0n) is 13.9. The van der Waals surface area contributed by atoms with Crippen molar-refractivity contribution in [3.63, 3.8) is 0 Å². The van der Waals surface area contributed by atoms with Crippen molar-refractivity contribution < 1.29 is 28.2 Å². The van der Waals surface area contributed by atoms with E-state index >= 15 is 0 Å². The molecule has 1 saturated heterocycles. The first-order valence-corrected chi connectivity index (χ1v) is 7.93. The van der Waals surface area contributed by atoms with Gasteiger partial charge in [0.05, 0.1) is 24.4 Å². The topological polar surface area (TPSA) is 79.7 Å². The summed E-state index contributed by atoms with van der Waals surface area (Å²) in [4.78, 5) is 29.3. The molecule has 136 valence electrons. The molecule has 0 aliphatic carbocycles. The number of pyridine rings is 1. The number of hydrogen-bond acceptors (Lipinski definition) is 4. The van der Waals surface area contributed by atoms with E-state index in [9.17, 15) is 18.4 Å². The van der Waals surface area contributed by atoms with E-state index in [0.29, 0.717) is 12.1 Å². The highest BCUT2D eigenvalue weighted by Crippen LogP contribution is 2.24. The van der Waals surface area contributed by atoms with Crippen LogP contribution in [-0.2, 0) is 4.74 Å². The van der Waals surface area contributed by atoms with Gasteiger partial charge in [-0.2, -0.15) is 0 Å². The molecule has 8 heteroatoms. The second-order valence-electron chi connectivity index (χ2n) is 5.92. The predicted octanol–water partition coefficient (Wildman–Crippen LogP) is 2.58. The van der Waals surface area contributed by atoms with Gasteiger partial charge in [0.15, 0.2) is 11.6 Å². The Hall–Kier alpha value is -2.87. The molecule has 26 heavy (non-hydrogen) atoms. The normalized spacial score (nSPS) is 17.2. The Balaban J connectivity index is 1.78. The molecule has 1 aliphatic heterocycles. The van der Waals surface area contributed by atoms with Crippen molar-refractivity contribution in [2.75, 3.05) is 19.7 Å². The van der Waals surface area contributed by atoms with Gasteiger partial charge in [0.2, 0.25) is 0 Å². The number of aromatic carboxylic acids is 1. The lowest BCUT2D eigenvalue weighted by atomic mass is 10.1. The Morgan fingerprint density at radius 2 is 2.00 bits per heavy atom. The van der Waals surface area contributed by atoms with Gasteiger partial charge in [-0.15, -0.1) is 0 Å². The minimum atomic E-state index is -1.11. The first-order valence-electron chi connectivity index (χ1n) is 7.93. The van der Waals surface area contributed by atoms with Gasteiger partial charge in [-0.3, -0.25) is 4.79 Å². The van der Waals surface area contributed by atoms with Crippen LogP contribution in [0.25, 0.3) is 0 Å². The Morgan fingerprint density at radius 1 is 1.23 bits per heavy atom. The van der Waals surface area contributed by atoms with Gasteiger partial charge in [-0.1, -0.05) is 6.07 Å². The first kappa shape index (κ1) is 17.9. The summed E-state index contributed by atoms with van der Waals surface area (Å²) in [6.45, 7) is 2.23. The number of carbonyl (C=O) groups excluding carboxylic acids is 1. The Morgan fingerprint density at radius 3 is 2.65 bits per heavy atom. The number of amides is 1. The fourth-order valence-corrected chi connectivity index (χ4v) is 2.82. The fourth-order valence-electron chi connectivity index (χ4n) is 2.82. The number of benzene rings is 1. The maximum atomic E-state index is 13.4. The lowest BCUT2D eigenvalue weighted by Crippen LogP contribution is -2.42. The highest BCUT2D eigenvalue weighted by molar-refractivity contribution is 5.94. The lowest BCUT2D eigenvalue weighted by molar-refractivity contribution is -0.0231. The maximum Gasteiger partial charge on any atom is 0.337 e. The Bertz CT molecular complexity index is 872. The molecule has 0 saturated carbocycles. The SMILES string of the molecule is Cc1nc(C(=O)N2CCOC(c3ccc(F)c(F)c3)C2)ccc1C(=O)O. The molecule has 1 aromatic carbocycles. The average molecular weight is 362 g/mol. The number of aryl methyl sites for hydroxylation is 1. The second kappa shape index (κ2) is 7.17. The van der Waals surface area contributed by atoms with Gasteiger partial charge >= 0.3 is 5.97 Å². The smallest absolute Gasteiger partial charge is 0.337 e. The van der Waals surface area contributed by atoms with Crippen LogP contribution in [0.4, 0.5) is 8.78 Å². The number of ether oxygens (including phenoxy) is 1. The average Bonchev–Trinajstić information content (AvgIpc) is 2.63. The molecular weight excluding hydrogens is 346 g/mol. The van der Waals surface area contributed by atoms with Crippen molar-refractivity contribution in [3.05, 3.63) is 64.5 Å². The van der Waals surface area contributed by atoms with Crippen LogP contribution in [0.2, 0.25) is 0 Å². The Labute approximate surface area is 148 Å². The third-order valence-electron chi connectivity index (χ3n) is 4.20. The van der Waals surface area contributed by atoms with Crippen molar-refractivity contribution in [2.45, 2.75) is 13.0 Å². The largest absolute Gasteiger partial charge is 0.478 e. The van der Waals surface area contributed by atoms with Crippen LogP contribution in [-0.4, -0.2) is 46.6 Å². The van der Waals surface area contributed by atoms with Crippen LogP contribution in [0.1, 0.15) is 38.2 Å². The summed E-state index contributed by atoms with van der Waals surface area (Å²) in [5.74, 6) is -3.41. The number of halogens is 2. The van der Waals surface area contributed by atoms with Crippen LogP contribution in [0.3, 0.4) is 0 Å². The summed E-state index contributed by atoms with van der Waals surface area (Å²) in [6.07, 6.45) is -0.581. The molecule has 1 unspecified atom stereocenters. The highest BCUT2D eigenvalue weighted by atomic mass is 19.2. The third-order valence-corrected chi connectivity index (χ3v) is 4.20. The van der Waals surface area contributed by atoms with Gasteiger partial charge in [0, 0.05) is 6.54 Å². The van der Waals surface area contributed by atoms with E-state index in [1.807, 2.05) is 0 Å². The lowest BCUT2D eigenvalue weighted by Gasteiger charge is -2.33. The summed E-state index contributed by atoms with van der Waals surface area (Å²) in [5.41, 5.74) is 0.835. The van der Waals surface area contributed by atoms with Crippen molar-refractivity contribution in [1.82, 2.24) is 9.88 Å². The Kier molecular flexibility index (Phi) is 4.94. The van der Waals surface area contributed by atoms with E-state index in [2.05, 4.69) is 4.98 Å². The van der Waals surface area contributed by atoms with Crippen LogP contribution >= 0.6 is 0 Å². The molecule has 3 rings (SSSR count). The summed E-state index contributed by atoms with van der Waals surface area (Å²) in [5, 5.41) is 9.04. The van der Waals surface area contributed by atoms with Crippen molar-refractivity contribution in [2.24, 2.45) is 0 Å². The molecule has 0 spiro atoms. The number of morpholine rings is 1. The number of carboxylic acids is 1. The molecule has 1 fully saturated rings. The quantitative estimate of drug-likeness (QED) is 0.908. The van der Waals surface area contributed by atoms with E-state index in [1.54, 1.807) is 0 Å². The van der Waals surface area contributed by atoms with E-state index in [1.165, 1.54) is 30.0 Å². The van der Waals surface area contributed by atoms with Gasteiger partial charge in [0.1, 0.15) is 11.8 Å². The van der Waals surface area contributed by atoms with Gasteiger partial charge < -0.3 is 14.7 Å². The molecular formula is C18H16F2N2O4. The minimum absolute atomic E-state index is 0.0307. The third kappa shape index (κ3) is 3.55. The zero-order valence-corrected chi connectivity index (χ0v) is 13.9. The number of aromatic nitrogens is 1. The van der Waals surface area contributed by atoms with Gasteiger partial charge in [0.25, 0.3) is 5.91 Å². The van der Waals surface area contributed by atoms with E-state index in [-0.39, 0.29) is 36.0 Å². The number of hydrogen-bond donors (Lipinski definition) is 1. The number of carboxylic acid groups (broad SMARTS) is 1. The number of carbonyl (C=O) groups is 2. The molecule has 1 aliphatic rings. The molecule has 1 amide bonds. The maximum absolute atomic E-state index is 13.4. The molecule has 0 radical (unpaired) electrons. The van der Waals surface area contributed by atoms with E-state index in [0.717, 1.165) is 12.1 Å². The highest BCUT2D eigenvalue weighted by Gasteiger charge is 2.27. The standard InChI is InChI=1S/C18H16F2N2O4/c1-10-12(18(24)25)3-5-15(21-10)17(23)22-6-7-26-16(9-22)11-2-4-13(19)14(20)8-11/h2-5,8,16H,6-7,9H2,1H3,(H,24,25). The second-order valence-corrected chi connectivity index (χ2v) is 5.92. The van der Waals surface area contributed by atoms with Crippen LogP contribution < -0.4 is 0 Å². The van der Waals surface area contributed by atoms with E-state index in [4.69, 9.17) is 9.84 Å². The predicted molar refractivity (Wildman–Crippen MR) is 86.9 cm³/mol. The molecule has 1 atom stereocenters. The minimum Gasteiger partial charge on any atom is -0.478 e. The van der Waals surface area contributed by atoms with Crippen molar-refractivity contribution >= 4 is 11.9 Å². The molecule has 0 bridgehead atoms. The van der Waals surface area contributed by atoms with Crippen LogP contribution in [0, 0.1) is 18.6 Å².